The van der Waals surface area contributed by atoms with Crippen molar-refractivity contribution in [3.05, 3.63) is 12.0 Å². The minimum absolute atomic E-state index is 0.0170. The van der Waals surface area contributed by atoms with Gasteiger partial charge < -0.3 is 5.11 Å². The molecule has 0 fully saturated rings. The van der Waals surface area contributed by atoms with Gasteiger partial charge in [-0.15, -0.1) is 0 Å². The molecule has 0 spiro atoms. The molecule has 9 heavy (non-hydrogen) atoms. The van der Waals surface area contributed by atoms with Crippen LogP contribution in [-0.2, 0) is 0 Å². The van der Waals surface area contributed by atoms with Crippen LogP contribution >= 0.6 is 11.6 Å². The third kappa shape index (κ3) is 5.03. The molecule has 0 saturated carbocycles. The Morgan fingerprint density at radius 1 is 1.78 bits per heavy atom. The van der Waals surface area contributed by atoms with E-state index in [9.17, 15) is 0 Å². The van der Waals surface area contributed by atoms with Crippen LogP contribution in [0.4, 0.5) is 0 Å². The zero-order valence-corrected chi connectivity index (χ0v) is 5.76. The van der Waals surface area contributed by atoms with Crippen LogP contribution in [0.5, 0.6) is 0 Å². The Kier molecular flexibility index (Phi) is 3.71. The number of aliphatic hydroxyl groups is 1. The highest BCUT2D eigenvalue weighted by Crippen LogP contribution is 1.90. The molecule has 0 aromatic carbocycles. The minimum atomic E-state index is 0.0170. The Hall–Kier alpha value is -0.830. The summed E-state index contributed by atoms with van der Waals surface area (Å²) < 4.78 is 0. The third-order valence-electron chi connectivity index (χ3n) is 0.488. The molecule has 0 aliphatic rings. The molecule has 0 aliphatic carbocycles. The Bertz CT molecular complexity index is 158. The highest BCUT2D eigenvalue weighted by molar-refractivity contribution is 6.65. The highest BCUT2D eigenvalue weighted by Gasteiger charge is 1.81. The van der Waals surface area contributed by atoms with Gasteiger partial charge in [0.05, 0.1) is 6.20 Å². The summed E-state index contributed by atoms with van der Waals surface area (Å²) in [6.07, 6.45) is 1.19. The smallest absolute Gasteiger partial charge is 0.221 e. The lowest BCUT2D eigenvalue weighted by molar-refractivity contribution is 0.412. The molecule has 0 saturated heterocycles. The Labute approximate surface area is 58.4 Å². The predicted molar refractivity (Wildman–Crippen MR) is 39.2 cm³/mol. The number of rotatable bonds is 1. The Morgan fingerprint density at radius 3 is 2.67 bits per heavy atom. The average Bonchev–Trinajstić information content (AvgIpc) is 1.83. The summed E-state index contributed by atoms with van der Waals surface area (Å²) >= 11 is 5.27. The summed E-state index contributed by atoms with van der Waals surface area (Å²) in [5, 5.41) is 8.55. The van der Waals surface area contributed by atoms with Crippen molar-refractivity contribution in [2.45, 2.75) is 6.92 Å². The van der Waals surface area contributed by atoms with Gasteiger partial charge in [0.25, 0.3) is 0 Å². The molecule has 0 heterocycles. The fraction of sp³-hybridized carbons (Fsp3) is 0.200. The van der Waals surface area contributed by atoms with Gasteiger partial charge in [0, 0.05) is 0 Å². The standard InChI is InChI=1S/C5H7ClN2O/c1-4(9)3-8-5(6)7-2/h3,9H,2H2,1H3/b4-3+,8-5?. The summed E-state index contributed by atoms with van der Waals surface area (Å²) in [5.41, 5.74) is 0. The van der Waals surface area contributed by atoms with Crippen LogP contribution in [0.25, 0.3) is 0 Å². The first-order chi connectivity index (χ1) is 4.16. The lowest BCUT2D eigenvalue weighted by atomic mass is 10.6. The largest absolute Gasteiger partial charge is 0.511 e. The summed E-state index contributed by atoms with van der Waals surface area (Å²) in [6, 6.07) is 0. The van der Waals surface area contributed by atoms with E-state index in [4.69, 9.17) is 16.7 Å². The second-order valence-electron chi connectivity index (χ2n) is 1.33. The molecular weight excluding hydrogens is 140 g/mol. The molecule has 0 aliphatic heterocycles. The van der Waals surface area contributed by atoms with Gasteiger partial charge in [-0.1, -0.05) is 0 Å². The lowest BCUT2D eigenvalue weighted by Crippen LogP contribution is -1.76. The third-order valence-corrected chi connectivity index (χ3v) is 0.705. The van der Waals surface area contributed by atoms with Gasteiger partial charge in [0.15, 0.2) is 0 Å². The molecule has 1 N–H and O–H groups in total. The number of hydrogen-bond acceptors (Lipinski definition) is 2. The van der Waals surface area contributed by atoms with Gasteiger partial charge >= 0.3 is 0 Å². The molecule has 0 rings (SSSR count). The van der Waals surface area contributed by atoms with Gasteiger partial charge in [-0.05, 0) is 25.2 Å². The normalized spacial score (nSPS) is 13.6. The second-order valence-corrected chi connectivity index (χ2v) is 1.66. The quantitative estimate of drug-likeness (QED) is 0.260. The molecule has 3 nitrogen and oxygen atoms in total. The van der Waals surface area contributed by atoms with Gasteiger partial charge in [-0.3, -0.25) is 0 Å². The molecule has 50 valence electrons. The van der Waals surface area contributed by atoms with Crippen molar-refractivity contribution in [2.75, 3.05) is 0 Å². The van der Waals surface area contributed by atoms with Crippen molar-refractivity contribution in [1.82, 2.24) is 0 Å². The second kappa shape index (κ2) is 4.09. The number of halogens is 1. The monoisotopic (exact) mass is 146 g/mol. The molecule has 0 aromatic rings. The molecule has 0 bridgehead atoms. The summed E-state index contributed by atoms with van der Waals surface area (Å²) in [5.74, 6) is 0.0804. The van der Waals surface area contributed by atoms with Gasteiger partial charge in [-0.25, -0.2) is 9.98 Å². The first-order valence-electron chi connectivity index (χ1n) is 2.22. The maximum atomic E-state index is 8.53. The molecule has 0 amide bonds. The van der Waals surface area contributed by atoms with E-state index < -0.39 is 0 Å². The van der Waals surface area contributed by atoms with Crippen LogP contribution in [0.3, 0.4) is 0 Å². The number of aliphatic hydroxyl groups excluding tert-OH is 1. The lowest BCUT2D eigenvalue weighted by Gasteiger charge is -1.83. The van der Waals surface area contributed by atoms with Crippen LogP contribution in [-0.4, -0.2) is 17.1 Å². The van der Waals surface area contributed by atoms with E-state index >= 15 is 0 Å². The van der Waals surface area contributed by atoms with Crippen LogP contribution < -0.4 is 0 Å². The first kappa shape index (κ1) is 8.17. The summed E-state index contributed by atoms with van der Waals surface area (Å²) in [4.78, 5) is 6.75. The molecule has 0 atom stereocenters. The SMILES string of the molecule is C=NC(Cl)=N/C=C(\C)O. The van der Waals surface area contributed by atoms with E-state index in [2.05, 4.69) is 16.7 Å². The summed E-state index contributed by atoms with van der Waals surface area (Å²) in [7, 11) is 0. The fourth-order valence-electron chi connectivity index (χ4n) is 0.188. The van der Waals surface area contributed by atoms with Crippen LogP contribution in [0.2, 0.25) is 0 Å². The van der Waals surface area contributed by atoms with E-state index in [0.717, 1.165) is 0 Å². The number of aliphatic imine (C=N–C) groups is 2. The highest BCUT2D eigenvalue weighted by atomic mass is 35.5. The van der Waals surface area contributed by atoms with Gasteiger partial charge in [-0.2, -0.15) is 0 Å². The van der Waals surface area contributed by atoms with Crippen molar-refractivity contribution < 1.29 is 5.11 Å². The van der Waals surface area contributed by atoms with Crippen LogP contribution in [0.15, 0.2) is 21.9 Å². The van der Waals surface area contributed by atoms with E-state index in [-0.39, 0.29) is 11.1 Å². The average molecular weight is 147 g/mol. The molecule has 0 aromatic heterocycles. The molecule has 4 heteroatoms. The maximum absolute atomic E-state index is 8.53. The minimum Gasteiger partial charge on any atom is -0.511 e. The molecule has 0 radical (unpaired) electrons. The van der Waals surface area contributed by atoms with Crippen molar-refractivity contribution in [3.63, 3.8) is 0 Å². The van der Waals surface area contributed by atoms with E-state index in [0.29, 0.717) is 0 Å². The predicted octanol–water partition coefficient (Wildman–Crippen LogP) is 1.70. The van der Waals surface area contributed by atoms with Crippen molar-refractivity contribution in [1.29, 1.82) is 0 Å². The fourth-order valence-corrected chi connectivity index (χ4v) is 0.236. The maximum Gasteiger partial charge on any atom is 0.221 e. The zero-order chi connectivity index (χ0) is 7.28. The Balaban J connectivity index is 3.98. The van der Waals surface area contributed by atoms with Gasteiger partial charge in [0.1, 0.15) is 5.76 Å². The van der Waals surface area contributed by atoms with Crippen molar-refractivity contribution >= 4 is 23.6 Å². The number of allylic oxidation sites excluding steroid dienone is 1. The number of hydrogen-bond donors (Lipinski definition) is 1. The van der Waals surface area contributed by atoms with Gasteiger partial charge in [0.2, 0.25) is 5.29 Å². The van der Waals surface area contributed by atoms with E-state index in [1.807, 2.05) is 0 Å². The van der Waals surface area contributed by atoms with Crippen molar-refractivity contribution in [2.24, 2.45) is 9.98 Å². The Morgan fingerprint density at radius 2 is 2.33 bits per heavy atom. The topological polar surface area (TPSA) is 45.0 Å². The van der Waals surface area contributed by atoms with E-state index in [1.165, 1.54) is 13.1 Å². The van der Waals surface area contributed by atoms with Crippen LogP contribution in [0.1, 0.15) is 6.92 Å². The molecular formula is C5H7ClN2O. The number of nitrogens with zero attached hydrogens (tertiary/aromatic N) is 2. The zero-order valence-electron chi connectivity index (χ0n) is 5.00. The first-order valence-corrected chi connectivity index (χ1v) is 2.60. The number of amidine groups is 1. The molecule has 0 unspecified atom stereocenters. The van der Waals surface area contributed by atoms with Crippen molar-refractivity contribution in [3.8, 4) is 0 Å². The summed E-state index contributed by atoms with van der Waals surface area (Å²) in [6.45, 7) is 4.60. The van der Waals surface area contributed by atoms with Crippen LogP contribution in [0, 0.1) is 0 Å². The van der Waals surface area contributed by atoms with E-state index in [1.54, 1.807) is 0 Å².